The van der Waals surface area contributed by atoms with Gasteiger partial charge < -0.3 is 10.2 Å². The maximum atomic E-state index is 13.4. The van der Waals surface area contributed by atoms with Gasteiger partial charge >= 0.3 is 0 Å². The van der Waals surface area contributed by atoms with E-state index in [1.165, 1.54) is 0 Å². The largest absolute Gasteiger partial charge is 0.341 e. The summed E-state index contributed by atoms with van der Waals surface area (Å²) in [5, 5.41) is 3.71. The lowest BCUT2D eigenvalue weighted by Crippen LogP contribution is -2.40. The molecule has 0 unspecified atom stereocenters. The van der Waals surface area contributed by atoms with Gasteiger partial charge in [0.05, 0.1) is 5.69 Å². The SMILES string of the molecule is CC(C)n1c(=O)c2cnc(Nc3ccc4c(c3)C(=O)N(C)CC43CC3)nc2n1-c1ccnc(C(C)(C)C)c1. The van der Waals surface area contributed by atoms with Crippen LogP contribution in [0.5, 0.6) is 0 Å². The predicted octanol–water partition coefficient (Wildman–Crippen LogP) is 4.72. The van der Waals surface area contributed by atoms with Crippen LogP contribution in [0.15, 0.2) is 47.5 Å². The number of amides is 1. The van der Waals surface area contributed by atoms with Crippen molar-refractivity contribution in [2.45, 2.75) is 64.3 Å². The minimum atomic E-state index is -0.152. The summed E-state index contributed by atoms with van der Waals surface area (Å²) in [4.78, 5) is 42.0. The quantitative estimate of drug-likeness (QED) is 0.426. The average molecular weight is 512 g/mol. The van der Waals surface area contributed by atoms with Crippen LogP contribution in [0, 0.1) is 0 Å². The fourth-order valence-corrected chi connectivity index (χ4v) is 5.52. The van der Waals surface area contributed by atoms with Crippen molar-refractivity contribution in [1.82, 2.24) is 29.2 Å². The third-order valence-electron chi connectivity index (χ3n) is 7.69. The van der Waals surface area contributed by atoms with Gasteiger partial charge in [-0.2, -0.15) is 4.98 Å². The number of fused-ring (bicyclic) bond motifs is 3. The average Bonchev–Trinajstić information content (AvgIpc) is 3.58. The molecule has 4 heterocycles. The summed E-state index contributed by atoms with van der Waals surface area (Å²) in [7, 11) is 1.87. The van der Waals surface area contributed by atoms with Gasteiger partial charge in [0.15, 0.2) is 5.65 Å². The van der Waals surface area contributed by atoms with E-state index in [0.29, 0.717) is 17.0 Å². The molecule has 1 saturated carbocycles. The lowest BCUT2D eigenvalue weighted by Gasteiger charge is -2.32. The Morgan fingerprint density at radius 1 is 1.05 bits per heavy atom. The van der Waals surface area contributed by atoms with Gasteiger partial charge in [0.1, 0.15) is 5.39 Å². The number of benzene rings is 1. The molecule has 1 N–H and O–H groups in total. The number of likely N-dealkylation sites (N-methyl/N-ethyl adjacent to an activating group) is 1. The zero-order valence-corrected chi connectivity index (χ0v) is 22.7. The summed E-state index contributed by atoms with van der Waals surface area (Å²) < 4.78 is 3.56. The lowest BCUT2D eigenvalue weighted by atomic mass is 9.86. The number of pyridine rings is 1. The third kappa shape index (κ3) is 3.79. The summed E-state index contributed by atoms with van der Waals surface area (Å²) in [5.41, 5.74) is 4.66. The van der Waals surface area contributed by atoms with Gasteiger partial charge in [-0.05, 0) is 56.5 Å². The predicted molar refractivity (Wildman–Crippen MR) is 148 cm³/mol. The molecule has 4 aromatic rings. The van der Waals surface area contributed by atoms with E-state index in [4.69, 9.17) is 4.98 Å². The molecule has 3 aromatic heterocycles. The first-order valence-corrected chi connectivity index (χ1v) is 13.1. The zero-order chi connectivity index (χ0) is 27.0. The highest BCUT2D eigenvalue weighted by atomic mass is 16.2. The van der Waals surface area contributed by atoms with Crippen molar-refractivity contribution in [3.63, 3.8) is 0 Å². The minimum absolute atomic E-state index is 0.0349. The van der Waals surface area contributed by atoms with Crippen LogP contribution in [-0.4, -0.2) is 48.7 Å². The number of carbonyl (C=O) groups excluding carboxylic acids is 1. The fourth-order valence-electron chi connectivity index (χ4n) is 5.52. The number of carbonyl (C=O) groups is 1. The van der Waals surface area contributed by atoms with Gasteiger partial charge in [0, 0.05) is 59.8 Å². The van der Waals surface area contributed by atoms with Gasteiger partial charge in [-0.25, -0.2) is 14.3 Å². The number of rotatable bonds is 4. The standard InChI is InChI=1S/C29H33N7O2/c1-17(2)35-26(38)21-15-31-27(33-24(21)36(35)19-9-12-30-23(14-19)28(3,4)5)32-18-7-8-22-20(13-18)25(37)34(6)16-29(22)10-11-29/h7-9,12-15,17H,10-11,16H2,1-6H3,(H,31,32,33). The van der Waals surface area contributed by atoms with Gasteiger partial charge in [-0.15, -0.1) is 0 Å². The maximum Gasteiger partial charge on any atom is 0.278 e. The van der Waals surface area contributed by atoms with Crippen molar-refractivity contribution in [2.75, 3.05) is 18.9 Å². The summed E-state index contributed by atoms with van der Waals surface area (Å²) >= 11 is 0. The van der Waals surface area contributed by atoms with Crippen LogP contribution >= 0.6 is 0 Å². The van der Waals surface area contributed by atoms with E-state index in [1.54, 1.807) is 17.1 Å². The second kappa shape index (κ2) is 8.24. The molecule has 196 valence electrons. The molecule has 1 aliphatic heterocycles. The van der Waals surface area contributed by atoms with E-state index >= 15 is 0 Å². The van der Waals surface area contributed by atoms with Crippen LogP contribution in [0.3, 0.4) is 0 Å². The third-order valence-corrected chi connectivity index (χ3v) is 7.69. The summed E-state index contributed by atoms with van der Waals surface area (Å²) in [5.74, 6) is 0.391. The topological polar surface area (TPSA) is 97.9 Å². The Bertz CT molecular complexity index is 1650. The zero-order valence-electron chi connectivity index (χ0n) is 22.7. The number of hydrogen-bond donors (Lipinski definition) is 1. The van der Waals surface area contributed by atoms with E-state index in [2.05, 4.69) is 42.1 Å². The Morgan fingerprint density at radius 2 is 1.82 bits per heavy atom. The number of nitrogens with one attached hydrogen (secondary N) is 1. The van der Waals surface area contributed by atoms with Crippen LogP contribution < -0.4 is 10.9 Å². The van der Waals surface area contributed by atoms with Crippen LogP contribution in [0.4, 0.5) is 11.6 Å². The van der Waals surface area contributed by atoms with E-state index < -0.39 is 0 Å². The molecule has 38 heavy (non-hydrogen) atoms. The van der Waals surface area contributed by atoms with Gasteiger partial charge in [0.25, 0.3) is 11.5 Å². The Labute approximate surface area is 221 Å². The molecule has 1 spiro atoms. The van der Waals surface area contributed by atoms with Crippen LogP contribution in [-0.2, 0) is 10.8 Å². The number of nitrogens with zero attached hydrogens (tertiary/aromatic N) is 6. The van der Waals surface area contributed by atoms with Crippen LogP contribution in [0.1, 0.15) is 75.1 Å². The Hall–Kier alpha value is -4.01. The van der Waals surface area contributed by atoms with E-state index in [-0.39, 0.29) is 28.3 Å². The highest BCUT2D eigenvalue weighted by Crippen LogP contribution is 2.52. The highest BCUT2D eigenvalue weighted by molar-refractivity contribution is 5.98. The molecule has 1 aromatic carbocycles. The molecule has 9 nitrogen and oxygen atoms in total. The van der Waals surface area contributed by atoms with E-state index in [9.17, 15) is 9.59 Å². The molecule has 0 bridgehead atoms. The second-order valence-electron chi connectivity index (χ2n) is 12.0. The minimum Gasteiger partial charge on any atom is -0.341 e. The molecule has 2 aliphatic rings. The Kier molecular flexibility index (Phi) is 5.28. The van der Waals surface area contributed by atoms with Crippen molar-refractivity contribution in [2.24, 2.45) is 0 Å². The molecule has 0 radical (unpaired) electrons. The maximum absolute atomic E-state index is 13.4. The summed E-state index contributed by atoms with van der Waals surface area (Å²) in [6, 6.07) is 9.73. The van der Waals surface area contributed by atoms with Crippen LogP contribution in [0.25, 0.3) is 16.7 Å². The second-order valence-corrected chi connectivity index (χ2v) is 12.0. The first-order chi connectivity index (χ1) is 18.0. The first kappa shape index (κ1) is 24.3. The van der Waals surface area contributed by atoms with Gasteiger partial charge in [-0.3, -0.25) is 14.6 Å². The number of anilines is 2. The molecule has 1 fully saturated rings. The Balaban J connectivity index is 1.45. The molecule has 6 rings (SSSR count). The van der Waals surface area contributed by atoms with Crippen LogP contribution in [0.2, 0.25) is 0 Å². The van der Waals surface area contributed by atoms with Crippen molar-refractivity contribution < 1.29 is 4.79 Å². The normalized spacial score (nSPS) is 16.4. The monoisotopic (exact) mass is 511 g/mol. The summed E-state index contributed by atoms with van der Waals surface area (Å²) in [6.07, 6.45) is 5.57. The number of aromatic nitrogens is 5. The molecule has 1 aliphatic carbocycles. The molecule has 9 heteroatoms. The molecular weight excluding hydrogens is 478 g/mol. The van der Waals surface area contributed by atoms with Crippen molar-refractivity contribution >= 4 is 28.6 Å². The number of hydrogen-bond acceptors (Lipinski definition) is 6. The van der Waals surface area contributed by atoms with Gasteiger partial charge in [0.2, 0.25) is 5.95 Å². The highest BCUT2D eigenvalue weighted by Gasteiger charge is 2.50. The van der Waals surface area contributed by atoms with Crippen molar-refractivity contribution in [3.05, 3.63) is 69.9 Å². The first-order valence-electron chi connectivity index (χ1n) is 13.1. The fraction of sp³-hybridized carbons (Fsp3) is 0.414. The Morgan fingerprint density at radius 3 is 2.50 bits per heavy atom. The van der Waals surface area contributed by atoms with Gasteiger partial charge in [-0.1, -0.05) is 26.8 Å². The van der Waals surface area contributed by atoms with Crippen molar-refractivity contribution in [3.8, 4) is 5.69 Å². The van der Waals surface area contributed by atoms with Crippen molar-refractivity contribution in [1.29, 1.82) is 0 Å². The van der Waals surface area contributed by atoms with E-state index in [1.807, 2.05) is 54.7 Å². The smallest absolute Gasteiger partial charge is 0.278 e. The molecule has 0 atom stereocenters. The lowest BCUT2D eigenvalue weighted by molar-refractivity contribution is 0.0758. The molecule has 0 saturated heterocycles. The van der Waals surface area contributed by atoms with E-state index in [0.717, 1.165) is 47.6 Å². The molecular formula is C29H33N7O2. The molecule has 1 amide bonds. The summed E-state index contributed by atoms with van der Waals surface area (Å²) in [6.45, 7) is 11.1.